The number of rotatable bonds is 7. The molecule has 6 heteroatoms. The predicted octanol–water partition coefficient (Wildman–Crippen LogP) is 3.76. The molecular formula is C19H21ClFNO3. The third-order valence-corrected chi connectivity index (χ3v) is 4.36. The first kappa shape index (κ1) is 19.4. The minimum absolute atomic E-state index is 0.0656. The van der Waals surface area contributed by atoms with E-state index in [-0.39, 0.29) is 16.1 Å². The SMILES string of the molecule is CN(C)CCCC(O)(c1ccc(F)cc1)c1ccc(Cl)cc1C(=O)O. The standard InChI is InChI=1S/C19H21ClFNO3/c1-22(2)11-3-10-19(25,13-4-7-15(21)8-5-13)17-9-6-14(20)12-16(17)18(23)24/h4-9,12,25H,3,10-11H2,1-2H3,(H,23,24). The van der Waals surface area contributed by atoms with E-state index in [0.29, 0.717) is 18.4 Å². The molecule has 25 heavy (non-hydrogen) atoms. The lowest BCUT2D eigenvalue weighted by atomic mass is 9.80. The largest absolute Gasteiger partial charge is 0.478 e. The fourth-order valence-corrected chi connectivity index (χ4v) is 3.04. The van der Waals surface area contributed by atoms with Gasteiger partial charge in [-0.15, -0.1) is 0 Å². The molecular weight excluding hydrogens is 345 g/mol. The first-order valence-electron chi connectivity index (χ1n) is 7.90. The molecule has 0 saturated carbocycles. The molecule has 0 radical (unpaired) electrons. The van der Waals surface area contributed by atoms with Gasteiger partial charge in [0, 0.05) is 10.6 Å². The monoisotopic (exact) mass is 365 g/mol. The van der Waals surface area contributed by atoms with Crippen LogP contribution in [0.4, 0.5) is 4.39 Å². The second-order valence-corrected chi connectivity index (χ2v) is 6.71. The van der Waals surface area contributed by atoms with Crippen LogP contribution in [0.25, 0.3) is 0 Å². The van der Waals surface area contributed by atoms with E-state index >= 15 is 0 Å². The number of halogens is 2. The molecule has 1 unspecified atom stereocenters. The summed E-state index contributed by atoms with van der Waals surface area (Å²) in [6.07, 6.45) is 0.918. The number of carboxylic acid groups (broad SMARTS) is 1. The van der Waals surface area contributed by atoms with E-state index in [1.54, 1.807) is 6.07 Å². The highest BCUT2D eigenvalue weighted by Crippen LogP contribution is 2.37. The molecule has 0 saturated heterocycles. The molecule has 4 nitrogen and oxygen atoms in total. The molecule has 0 fully saturated rings. The van der Waals surface area contributed by atoms with Crippen molar-refractivity contribution in [3.63, 3.8) is 0 Å². The van der Waals surface area contributed by atoms with Gasteiger partial charge in [-0.2, -0.15) is 0 Å². The van der Waals surface area contributed by atoms with Crippen LogP contribution in [0.5, 0.6) is 0 Å². The van der Waals surface area contributed by atoms with Gasteiger partial charge in [0.05, 0.1) is 5.56 Å². The maximum Gasteiger partial charge on any atom is 0.336 e. The van der Waals surface area contributed by atoms with Crippen LogP contribution in [0.2, 0.25) is 5.02 Å². The number of hydrogen-bond acceptors (Lipinski definition) is 3. The summed E-state index contributed by atoms with van der Waals surface area (Å²) in [4.78, 5) is 13.6. The molecule has 2 N–H and O–H groups in total. The molecule has 0 bridgehead atoms. The predicted molar refractivity (Wildman–Crippen MR) is 95.6 cm³/mol. The van der Waals surface area contributed by atoms with Gasteiger partial charge in [0.25, 0.3) is 0 Å². The zero-order chi connectivity index (χ0) is 18.6. The fourth-order valence-electron chi connectivity index (χ4n) is 2.87. The molecule has 2 rings (SSSR count). The first-order valence-corrected chi connectivity index (χ1v) is 8.28. The number of carbonyl (C=O) groups is 1. The molecule has 0 aromatic heterocycles. The quantitative estimate of drug-likeness (QED) is 0.784. The van der Waals surface area contributed by atoms with Crippen LogP contribution in [0.3, 0.4) is 0 Å². The van der Waals surface area contributed by atoms with Crippen molar-refractivity contribution in [2.75, 3.05) is 20.6 Å². The van der Waals surface area contributed by atoms with E-state index in [9.17, 15) is 19.4 Å². The summed E-state index contributed by atoms with van der Waals surface area (Å²) < 4.78 is 13.3. The molecule has 1 atom stereocenters. The zero-order valence-corrected chi connectivity index (χ0v) is 14.9. The number of hydrogen-bond donors (Lipinski definition) is 2. The molecule has 0 spiro atoms. The van der Waals surface area contributed by atoms with Crippen LogP contribution < -0.4 is 0 Å². The number of aromatic carboxylic acids is 1. The Balaban J connectivity index is 2.55. The van der Waals surface area contributed by atoms with Gasteiger partial charge in [0.1, 0.15) is 11.4 Å². The maximum atomic E-state index is 13.3. The van der Waals surface area contributed by atoms with Crippen molar-refractivity contribution < 1.29 is 19.4 Å². The molecule has 134 valence electrons. The van der Waals surface area contributed by atoms with Gasteiger partial charge in [-0.1, -0.05) is 29.8 Å². The minimum atomic E-state index is -1.55. The Morgan fingerprint density at radius 3 is 2.40 bits per heavy atom. The summed E-state index contributed by atoms with van der Waals surface area (Å²) in [5.41, 5.74) is -0.932. The van der Waals surface area contributed by atoms with Crippen LogP contribution in [-0.2, 0) is 5.60 Å². The van der Waals surface area contributed by atoms with Crippen LogP contribution in [0.1, 0.15) is 34.3 Å². The summed E-state index contributed by atoms with van der Waals surface area (Å²) in [7, 11) is 3.84. The Hall–Kier alpha value is -1.95. The Kier molecular flexibility index (Phi) is 6.16. The summed E-state index contributed by atoms with van der Waals surface area (Å²) in [6, 6.07) is 9.84. The van der Waals surface area contributed by atoms with Crippen molar-refractivity contribution in [3.05, 3.63) is 70.0 Å². The van der Waals surface area contributed by atoms with E-state index in [0.717, 1.165) is 6.54 Å². The third-order valence-electron chi connectivity index (χ3n) is 4.12. The smallest absolute Gasteiger partial charge is 0.336 e. The van der Waals surface area contributed by atoms with E-state index in [1.807, 2.05) is 19.0 Å². The van der Waals surface area contributed by atoms with E-state index in [2.05, 4.69) is 0 Å². The summed E-state index contributed by atoms with van der Waals surface area (Å²) in [5.74, 6) is -1.60. The highest BCUT2D eigenvalue weighted by Gasteiger charge is 2.35. The summed E-state index contributed by atoms with van der Waals surface area (Å²) in [6.45, 7) is 0.722. The normalized spacial score (nSPS) is 13.7. The van der Waals surface area contributed by atoms with Gasteiger partial charge in [-0.3, -0.25) is 0 Å². The zero-order valence-electron chi connectivity index (χ0n) is 14.2. The van der Waals surface area contributed by atoms with Crippen molar-refractivity contribution in [3.8, 4) is 0 Å². The lowest BCUT2D eigenvalue weighted by Crippen LogP contribution is -2.31. The summed E-state index contributed by atoms with van der Waals surface area (Å²) in [5, 5.41) is 21.2. The van der Waals surface area contributed by atoms with Gasteiger partial charge in [0.15, 0.2) is 0 Å². The molecule has 0 aliphatic rings. The lowest BCUT2D eigenvalue weighted by molar-refractivity contribution is 0.0581. The van der Waals surface area contributed by atoms with Gasteiger partial charge in [-0.05, 0) is 63.3 Å². The lowest BCUT2D eigenvalue weighted by Gasteiger charge is -2.31. The highest BCUT2D eigenvalue weighted by molar-refractivity contribution is 6.31. The van der Waals surface area contributed by atoms with Crippen LogP contribution in [0.15, 0.2) is 42.5 Å². The molecule has 0 aliphatic carbocycles. The van der Waals surface area contributed by atoms with Crippen molar-refractivity contribution in [1.82, 2.24) is 4.90 Å². The molecule has 0 heterocycles. The number of aliphatic hydroxyl groups is 1. The van der Waals surface area contributed by atoms with Gasteiger partial charge >= 0.3 is 5.97 Å². The second kappa shape index (κ2) is 7.95. The van der Waals surface area contributed by atoms with Crippen molar-refractivity contribution >= 4 is 17.6 Å². The van der Waals surface area contributed by atoms with Crippen molar-refractivity contribution in [2.45, 2.75) is 18.4 Å². The number of benzene rings is 2. The molecule has 2 aromatic rings. The second-order valence-electron chi connectivity index (χ2n) is 6.27. The maximum absolute atomic E-state index is 13.3. The average Bonchev–Trinajstić information content (AvgIpc) is 2.54. The van der Waals surface area contributed by atoms with Crippen LogP contribution in [0, 0.1) is 5.82 Å². The Labute approximate surface area is 151 Å². The van der Waals surface area contributed by atoms with E-state index in [1.165, 1.54) is 36.4 Å². The number of nitrogens with zero attached hydrogens (tertiary/aromatic N) is 1. The Morgan fingerprint density at radius 1 is 1.20 bits per heavy atom. The Morgan fingerprint density at radius 2 is 1.84 bits per heavy atom. The summed E-state index contributed by atoms with van der Waals surface area (Å²) >= 11 is 5.92. The highest BCUT2D eigenvalue weighted by atomic mass is 35.5. The molecule has 0 aliphatic heterocycles. The van der Waals surface area contributed by atoms with E-state index < -0.39 is 17.4 Å². The fraction of sp³-hybridized carbons (Fsp3) is 0.316. The first-order chi connectivity index (χ1) is 11.7. The topological polar surface area (TPSA) is 60.8 Å². The van der Waals surface area contributed by atoms with Crippen LogP contribution >= 0.6 is 11.6 Å². The van der Waals surface area contributed by atoms with Crippen molar-refractivity contribution in [1.29, 1.82) is 0 Å². The van der Waals surface area contributed by atoms with Gasteiger partial charge in [0.2, 0.25) is 0 Å². The number of carboxylic acids is 1. The minimum Gasteiger partial charge on any atom is -0.478 e. The van der Waals surface area contributed by atoms with Crippen LogP contribution in [-0.4, -0.2) is 41.7 Å². The average molecular weight is 366 g/mol. The van der Waals surface area contributed by atoms with Gasteiger partial charge < -0.3 is 15.1 Å². The molecule has 2 aromatic carbocycles. The van der Waals surface area contributed by atoms with Gasteiger partial charge in [-0.25, -0.2) is 9.18 Å². The Bertz CT molecular complexity index is 749. The molecule has 0 amide bonds. The van der Waals surface area contributed by atoms with Crippen molar-refractivity contribution in [2.24, 2.45) is 0 Å². The van der Waals surface area contributed by atoms with E-state index in [4.69, 9.17) is 11.6 Å². The third kappa shape index (κ3) is 4.57.